The molecular weight excluding hydrogens is 296 g/mol. The molecule has 106 valence electrons. The van der Waals surface area contributed by atoms with Gasteiger partial charge in [0, 0.05) is 11.1 Å². The van der Waals surface area contributed by atoms with Crippen molar-refractivity contribution in [2.45, 2.75) is 18.7 Å². The zero-order valence-electron chi connectivity index (χ0n) is 11.3. The van der Waals surface area contributed by atoms with Gasteiger partial charge in [-0.15, -0.1) is 11.3 Å². The van der Waals surface area contributed by atoms with Crippen LogP contribution in [0.2, 0.25) is 0 Å². The minimum atomic E-state index is -3.45. The van der Waals surface area contributed by atoms with Gasteiger partial charge in [0.15, 0.2) is 15.0 Å². The second kappa shape index (κ2) is 5.34. The summed E-state index contributed by atoms with van der Waals surface area (Å²) in [6.45, 7) is 3.76. The van der Waals surface area contributed by atoms with E-state index in [0.717, 1.165) is 16.8 Å². The normalized spacial score (nSPS) is 11.3. The zero-order chi connectivity index (χ0) is 14.9. The third-order valence-corrected chi connectivity index (χ3v) is 4.92. The number of nitrogens with one attached hydrogen (secondary N) is 1. The predicted molar refractivity (Wildman–Crippen MR) is 79.1 cm³/mol. The van der Waals surface area contributed by atoms with Gasteiger partial charge in [0.25, 0.3) is 5.91 Å². The molecule has 0 unspecified atom stereocenters. The van der Waals surface area contributed by atoms with Crippen molar-refractivity contribution in [1.29, 1.82) is 0 Å². The van der Waals surface area contributed by atoms with Crippen LogP contribution in [0.25, 0.3) is 0 Å². The third kappa shape index (κ3) is 3.05. The number of aromatic nitrogens is 1. The number of nitrogens with zero attached hydrogens (tertiary/aromatic N) is 1. The summed E-state index contributed by atoms with van der Waals surface area (Å²) < 4.78 is 23.4. The van der Waals surface area contributed by atoms with Crippen LogP contribution >= 0.6 is 11.3 Å². The molecule has 2 rings (SSSR count). The number of rotatable bonds is 3. The molecule has 20 heavy (non-hydrogen) atoms. The highest BCUT2D eigenvalue weighted by molar-refractivity contribution is 7.90. The van der Waals surface area contributed by atoms with Crippen LogP contribution < -0.4 is 5.32 Å². The lowest BCUT2D eigenvalue weighted by molar-refractivity contribution is 0.102. The van der Waals surface area contributed by atoms with Gasteiger partial charge >= 0.3 is 0 Å². The topological polar surface area (TPSA) is 76.1 Å². The van der Waals surface area contributed by atoms with Gasteiger partial charge in [-0.1, -0.05) is 12.1 Å². The first-order valence-electron chi connectivity index (χ1n) is 5.83. The van der Waals surface area contributed by atoms with E-state index in [1.54, 1.807) is 12.1 Å². The highest BCUT2D eigenvalue weighted by Gasteiger charge is 2.19. The van der Waals surface area contributed by atoms with Gasteiger partial charge in [-0.05, 0) is 26.0 Å². The standard InChI is InChI=1S/C13H14N2O3S2/c1-8-9(2)19-13(14-8)15-12(16)10-6-4-5-7-11(10)20(3,17)18/h4-7H,1-3H3,(H,14,15,16). The number of carbonyl (C=O) groups is 1. The van der Waals surface area contributed by atoms with E-state index in [9.17, 15) is 13.2 Å². The Balaban J connectivity index is 2.35. The fourth-order valence-electron chi connectivity index (χ4n) is 1.67. The first-order valence-corrected chi connectivity index (χ1v) is 8.54. The van der Waals surface area contributed by atoms with Gasteiger partial charge in [0.1, 0.15) is 0 Å². The zero-order valence-corrected chi connectivity index (χ0v) is 12.9. The van der Waals surface area contributed by atoms with Crippen LogP contribution in [0.4, 0.5) is 5.13 Å². The van der Waals surface area contributed by atoms with Crippen LogP contribution in [0.15, 0.2) is 29.2 Å². The number of aryl methyl sites for hydroxylation is 2. The van der Waals surface area contributed by atoms with Crippen molar-refractivity contribution in [3.8, 4) is 0 Å². The number of hydrogen-bond acceptors (Lipinski definition) is 5. The minimum Gasteiger partial charge on any atom is -0.298 e. The van der Waals surface area contributed by atoms with Crippen LogP contribution in [-0.2, 0) is 9.84 Å². The van der Waals surface area contributed by atoms with Crippen molar-refractivity contribution in [1.82, 2.24) is 4.98 Å². The summed E-state index contributed by atoms with van der Waals surface area (Å²) in [6, 6.07) is 6.12. The molecule has 0 fully saturated rings. The summed E-state index contributed by atoms with van der Waals surface area (Å²) in [5, 5.41) is 3.10. The van der Waals surface area contributed by atoms with Crippen LogP contribution in [0.3, 0.4) is 0 Å². The minimum absolute atomic E-state index is 0.0162. The van der Waals surface area contributed by atoms with E-state index in [2.05, 4.69) is 10.3 Å². The molecule has 0 bridgehead atoms. The summed E-state index contributed by atoms with van der Waals surface area (Å²) >= 11 is 1.36. The second-order valence-electron chi connectivity index (χ2n) is 4.38. The molecule has 0 atom stereocenters. The predicted octanol–water partition coefficient (Wildman–Crippen LogP) is 2.42. The third-order valence-electron chi connectivity index (χ3n) is 2.78. The van der Waals surface area contributed by atoms with Crippen LogP contribution in [-0.4, -0.2) is 25.6 Å². The van der Waals surface area contributed by atoms with E-state index < -0.39 is 15.7 Å². The van der Waals surface area contributed by atoms with Crippen molar-refractivity contribution in [3.05, 3.63) is 40.4 Å². The number of thiazole rings is 1. The smallest absolute Gasteiger partial charge is 0.258 e. The molecule has 0 aliphatic carbocycles. The first-order chi connectivity index (χ1) is 9.29. The molecule has 0 spiro atoms. The Hall–Kier alpha value is -1.73. The molecule has 1 heterocycles. The van der Waals surface area contributed by atoms with E-state index in [-0.39, 0.29) is 10.5 Å². The number of amides is 1. The van der Waals surface area contributed by atoms with E-state index in [4.69, 9.17) is 0 Å². The van der Waals surface area contributed by atoms with Crippen molar-refractivity contribution in [2.75, 3.05) is 11.6 Å². The van der Waals surface area contributed by atoms with Gasteiger partial charge in [0.05, 0.1) is 16.2 Å². The molecule has 1 aromatic carbocycles. The Bertz CT molecular complexity index is 744. The van der Waals surface area contributed by atoms with Gasteiger partial charge < -0.3 is 0 Å². The maximum atomic E-state index is 12.2. The molecule has 1 amide bonds. The van der Waals surface area contributed by atoms with Crippen LogP contribution in [0.5, 0.6) is 0 Å². The van der Waals surface area contributed by atoms with Crippen molar-refractivity contribution >= 4 is 32.2 Å². The summed E-state index contributed by atoms with van der Waals surface area (Å²) in [5.74, 6) is -0.472. The quantitative estimate of drug-likeness (QED) is 0.944. The Morgan fingerprint density at radius 1 is 1.25 bits per heavy atom. The van der Waals surface area contributed by atoms with Crippen LogP contribution in [0, 0.1) is 13.8 Å². The fraction of sp³-hybridized carbons (Fsp3) is 0.231. The highest BCUT2D eigenvalue weighted by atomic mass is 32.2. The molecule has 7 heteroatoms. The molecule has 1 N–H and O–H groups in total. The Kier molecular flexibility index (Phi) is 3.92. The van der Waals surface area contributed by atoms with Crippen molar-refractivity contribution < 1.29 is 13.2 Å². The Labute approximate surface area is 121 Å². The van der Waals surface area contributed by atoms with Crippen LogP contribution in [0.1, 0.15) is 20.9 Å². The Morgan fingerprint density at radius 2 is 1.90 bits per heavy atom. The molecule has 5 nitrogen and oxygen atoms in total. The molecule has 0 aliphatic heterocycles. The largest absolute Gasteiger partial charge is 0.298 e. The number of sulfone groups is 1. The summed E-state index contributed by atoms with van der Waals surface area (Å²) in [7, 11) is -3.45. The maximum absolute atomic E-state index is 12.2. The van der Waals surface area contributed by atoms with Gasteiger partial charge in [-0.3, -0.25) is 10.1 Å². The molecule has 0 radical (unpaired) electrons. The molecule has 0 saturated carbocycles. The second-order valence-corrected chi connectivity index (χ2v) is 7.57. The van der Waals surface area contributed by atoms with Gasteiger partial charge in [0.2, 0.25) is 0 Å². The van der Waals surface area contributed by atoms with Crippen molar-refractivity contribution in [3.63, 3.8) is 0 Å². The van der Waals surface area contributed by atoms with E-state index in [1.807, 2.05) is 13.8 Å². The number of hydrogen-bond donors (Lipinski definition) is 1. The molecular formula is C13H14N2O3S2. The molecule has 2 aromatic rings. The average Bonchev–Trinajstić information content (AvgIpc) is 2.67. The maximum Gasteiger partial charge on any atom is 0.258 e. The first kappa shape index (κ1) is 14.7. The molecule has 1 aromatic heterocycles. The summed E-state index contributed by atoms with van der Waals surface area (Å²) in [5.41, 5.74) is 0.974. The average molecular weight is 310 g/mol. The van der Waals surface area contributed by atoms with E-state index >= 15 is 0 Å². The van der Waals surface area contributed by atoms with E-state index in [0.29, 0.717) is 5.13 Å². The number of carbonyl (C=O) groups excluding carboxylic acids is 1. The number of benzene rings is 1. The number of anilines is 1. The Morgan fingerprint density at radius 3 is 2.45 bits per heavy atom. The van der Waals surface area contributed by atoms with Gasteiger partial charge in [-0.25, -0.2) is 13.4 Å². The monoisotopic (exact) mass is 310 g/mol. The fourth-order valence-corrected chi connectivity index (χ4v) is 3.36. The lowest BCUT2D eigenvalue weighted by atomic mass is 10.2. The molecule has 0 aliphatic rings. The summed E-state index contributed by atoms with van der Waals surface area (Å²) in [6.07, 6.45) is 1.08. The van der Waals surface area contributed by atoms with E-state index in [1.165, 1.54) is 23.5 Å². The highest BCUT2D eigenvalue weighted by Crippen LogP contribution is 2.23. The van der Waals surface area contributed by atoms with Gasteiger partial charge in [-0.2, -0.15) is 0 Å². The van der Waals surface area contributed by atoms with Crippen molar-refractivity contribution in [2.24, 2.45) is 0 Å². The summed E-state index contributed by atoms with van der Waals surface area (Å²) in [4.78, 5) is 17.4. The lowest BCUT2D eigenvalue weighted by Crippen LogP contribution is -2.15. The SMILES string of the molecule is Cc1nc(NC(=O)c2ccccc2S(C)(=O)=O)sc1C. The lowest BCUT2D eigenvalue weighted by Gasteiger charge is -2.06. The molecule has 0 saturated heterocycles.